The predicted octanol–water partition coefficient (Wildman–Crippen LogP) is 4.92. The number of aryl methyl sites for hydroxylation is 1. The van der Waals surface area contributed by atoms with Crippen LogP contribution in [0.2, 0.25) is 0 Å². The Kier molecular flexibility index (Phi) is 7.89. The molecule has 0 spiro atoms. The fraction of sp³-hybridized carbons (Fsp3) is 0.250. The number of likely N-dealkylation sites (N-methyl/N-ethyl adjacent to an activating group) is 1. The Labute approximate surface area is 191 Å². The summed E-state index contributed by atoms with van der Waals surface area (Å²) >= 11 is 3.50. The first-order valence-electron chi connectivity index (χ1n) is 10.00. The van der Waals surface area contributed by atoms with E-state index in [9.17, 15) is 4.79 Å². The summed E-state index contributed by atoms with van der Waals surface area (Å²) in [5.74, 6) is 1.43. The van der Waals surface area contributed by atoms with E-state index in [1.165, 1.54) is 0 Å². The van der Waals surface area contributed by atoms with Crippen molar-refractivity contribution in [1.29, 1.82) is 0 Å². The zero-order valence-electron chi connectivity index (χ0n) is 17.9. The van der Waals surface area contributed by atoms with Gasteiger partial charge in [-0.3, -0.25) is 9.48 Å². The third-order valence-corrected chi connectivity index (χ3v) is 5.40. The number of carbonyl (C=O) groups is 1. The molecule has 3 aromatic rings. The molecule has 0 unspecified atom stereocenters. The highest BCUT2D eigenvalue weighted by molar-refractivity contribution is 9.10. The van der Waals surface area contributed by atoms with E-state index in [0.29, 0.717) is 13.2 Å². The number of carbonyl (C=O) groups excluding carboxylic acids is 1. The van der Waals surface area contributed by atoms with Crippen molar-refractivity contribution in [2.75, 3.05) is 14.2 Å². The Bertz CT molecular complexity index is 1050. The van der Waals surface area contributed by atoms with Gasteiger partial charge in [0.25, 0.3) is 0 Å². The summed E-state index contributed by atoms with van der Waals surface area (Å²) < 4.78 is 14.0. The highest BCUT2D eigenvalue weighted by atomic mass is 79.9. The summed E-state index contributed by atoms with van der Waals surface area (Å²) in [5.41, 5.74) is 2.63. The molecule has 3 rings (SSSR count). The number of para-hydroxylation sites is 1. The van der Waals surface area contributed by atoms with Crippen LogP contribution in [0.3, 0.4) is 0 Å². The van der Waals surface area contributed by atoms with Crippen LogP contribution in [0.4, 0.5) is 0 Å². The Morgan fingerprint density at radius 1 is 1.23 bits per heavy atom. The number of benzene rings is 2. The average Bonchev–Trinajstić information content (AvgIpc) is 3.15. The molecule has 0 fully saturated rings. The van der Waals surface area contributed by atoms with Crippen LogP contribution in [0, 0.1) is 0 Å². The number of hydrogen-bond acceptors (Lipinski definition) is 4. The van der Waals surface area contributed by atoms with E-state index in [4.69, 9.17) is 9.47 Å². The Morgan fingerprint density at radius 3 is 2.68 bits per heavy atom. The van der Waals surface area contributed by atoms with Crippen molar-refractivity contribution in [1.82, 2.24) is 14.7 Å². The molecule has 0 aliphatic carbocycles. The highest BCUT2D eigenvalue weighted by Crippen LogP contribution is 2.23. The van der Waals surface area contributed by atoms with Gasteiger partial charge in [0.05, 0.1) is 23.8 Å². The van der Waals surface area contributed by atoms with E-state index in [1.54, 1.807) is 31.2 Å². The molecule has 162 valence electrons. The van der Waals surface area contributed by atoms with Crippen LogP contribution in [0.5, 0.6) is 11.5 Å². The maximum atomic E-state index is 12.6. The van der Waals surface area contributed by atoms with Gasteiger partial charge in [0.15, 0.2) is 0 Å². The molecule has 1 amide bonds. The molecule has 0 saturated carbocycles. The number of methoxy groups -OCH3 is 1. The lowest BCUT2D eigenvalue weighted by molar-refractivity contribution is -0.125. The zero-order chi connectivity index (χ0) is 22.2. The Hall–Kier alpha value is -3.06. The molecule has 0 N–H and O–H groups in total. The number of aromatic nitrogens is 2. The second kappa shape index (κ2) is 10.8. The molecule has 6 nitrogen and oxygen atoms in total. The summed E-state index contributed by atoms with van der Waals surface area (Å²) in [6, 6.07) is 15.4. The van der Waals surface area contributed by atoms with Gasteiger partial charge in [-0.25, -0.2) is 0 Å². The Balaban J connectivity index is 1.66. The minimum atomic E-state index is -0.101. The van der Waals surface area contributed by atoms with Gasteiger partial charge in [-0.1, -0.05) is 24.3 Å². The molecule has 31 heavy (non-hydrogen) atoms. The van der Waals surface area contributed by atoms with Gasteiger partial charge in [-0.05, 0) is 58.8 Å². The SMILES string of the molecule is CCn1cc(Br)c(CN(C)C(=O)/C=C/c2ccc(OC)c(COc3ccccc3)c2)n1. The van der Waals surface area contributed by atoms with Crippen molar-refractivity contribution in [3.8, 4) is 11.5 Å². The minimum absolute atomic E-state index is 0.101. The van der Waals surface area contributed by atoms with E-state index in [0.717, 1.165) is 39.3 Å². The number of rotatable bonds is 9. The zero-order valence-corrected chi connectivity index (χ0v) is 19.5. The molecule has 0 aliphatic heterocycles. The fourth-order valence-corrected chi connectivity index (χ4v) is 3.44. The quantitative estimate of drug-likeness (QED) is 0.405. The van der Waals surface area contributed by atoms with Crippen molar-refractivity contribution in [2.24, 2.45) is 0 Å². The van der Waals surface area contributed by atoms with Gasteiger partial charge in [0, 0.05) is 31.4 Å². The Morgan fingerprint density at radius 2 is 2.00 bits per heavy atom. The monoisotopic (exact) mass is 483 g/mol. The molecule has 1 heterocycles. The van der Waals surface area contributed by atoms with Gasteiger partial charge in [0.1, 0.15) is 18.1 Å². The molecule has 1 aromatic heterocycles. The largest absolute Gasteiger partial charge is 0.496 e. The molecule has 2 aromatic carbocycles. The second-order valence-electron chi connectivity index (χ2n) is 6.98. The van der Waals surface area contributed by atoms with Gasteiger partial charge in [-0.15, -0.1) is 0 Å². The summed E-state index contributed by atoms with van der Waals surface area (Å²) in [6.07, 6.45) is 5.28. The second-order valence-corrected chi connectivity index (χ2v) is 7.83. The van der Waals surface area contributed by atoms with Crippen molar-refractivity contribution in [3.63, 3.8) is 0 Å². The predicted molar refractivity (Wildman–Crippen MR) is 125 cm³/mol. The maximum absolute atomic E-state index is 12.6. The minimum Gasteiger partial charge on any atom is -0.496 e. The lowest BCUT2D eigenvalue weighted by Crippen LogP contribution is -2.24. The molecular formula is C24H26BrN3O3. The first-order chi connectivity index (χ1) is 15.0. The molecule has 0 aliphatic rings. The summed E-state index contributed by atoms with van der Waals surface area (Å²) in [6.45, 7) is 3.60. The molecule has 0 bridgehead atoms. The van der Waals surface area contributed by atoms with E-state index in [1.807, 2.05) is 66.3 Å². The standard InChI is InChI=1S/C24H26BrN3O3/c1-4-28-15-21(25)22(26-28)16-27(2)24(29)13-11-18-10-12-23(30-3)19(14-18)17-31-20-8-6-5-7-9-20/h5-15H,4,16-17H2,1-3H3/b13-11+. The van der Waals surface area contributed by atoms with Crippen molar-refractivity contribution >= 4 is 27.9 Å². The van der Waals surface area contributed by atoms with Crippen molar-refractivity contribution < 1.29 is 14.3 Å². The number of nitrogens with zero attached hydrogens (tertiary/aromatic N) is 3. The van der Waals surface area contributed by atoms with Gasteiger partial charge in [0.2, 0.25) is 5.91 Å². The number of ether oxygens (including phenoxy) is 2. The first-order valence-corrected chi connectivity index (χ1v) is 10.8. The van der Waals surface area contributed by atoms with Crippen molar-refractivity contribution in [3.05, 3.63) is 82.1 Å². The van der Waals surface area contributed by atoms with Crippen LogP contribution in [0.25, 0.3) is 6.08 Å². The molecule has 0 atom stereocenters. The topological polar surface area (TPSA) is 56.6 Å². The number of hydrogen-bond donors (Lipinski definition) is 0. The van der Waals surface area contributed by atoms with Crippen LogP contribution >= 0.6 is 15.9 Å². The van der Waals surface area contributed by atoms with E-state index >= 15 is 0 Å². The van der Waals surface area contributed by atoms with Gasteiger partial charge >= 0.3 is 0 Å². The molecule has 7 heteroatoms. The number of amides is 1. The smallest absolute Gasteiger partial charge is 0.246 e. The third kappa shape index (κ3) is 6.21. The van der Waals surface area contributed by atoms with E-state index in [-0.39, 0.29) is 5.91 Å². The summed E-state index contributed by atoms with van der Waals surface area (Å²) in [5, 5.41) is 4.47. The fourth-order valence-electron chi connectivity index (χ4n) is 3.00. The first kappa shape index (κ1) is 22.6. The summed E-state index contributed by atoms with van der Waals surface area (Å²) in [4.78, 5) is 14.2. The van der Waals surface area contributed by atoms with Crippen LogP contribution in [-0.2, 0) is 24.5 Å². The maximum Gasteiger partial charge on any atom is 0.246 e. The van der Waals surface area contributed by atoms with E-state index < -0.39 is 0 Å². The third-order valence-electron chi connectivity index (χ3n) is 4.73. The van der Waals surface area contributed by atoms with Gasteiger partial charge < -0.3 is 14.4 Å². The molecule has 0 radical (unpaired) electrons. The highest BCUT2D eigenvalue weighted by Gasteiger charge is 2.12. The molecule has 0 saturated heterocycles. The van der Waals surface area contributed by atoms with Crippen LogP contribution in [-0.4, -0.2) is 34.7 Å². The average molecular weight is 484 g/mol. The number of halogens is 1. The lowest BCUT2D eigenvalue weighted by atomic mass is 10.1. The van der Waals surface area contributed by atoms with E-state index in [2.05, 4.69) is 21.0 Å². The molecular weight excluding hydrogens is 458 g/mol. The lowest BCUT2D eigenvalue weighted by Gasteiger charge is -2.14. The van der Waals surface area contributed by atoms with Crippen LogP contribution in [0.15, 0.2) is 65.3 Å². The normalized spacial score (nSPS) is 11.0. The van der Waals surface area contributed by atoms with Crippen molar-refractivity contribution in [2.45, 2.75) is 26.6 Å². The van der Waals surface area contributed by atoms with Crippen LogP contribution < -0.4 is 9.47 Å². The summed E-state index contributed by atoms with van der Waals surface area (Å²) in [7, 11) is 3.39. The van der Waals surface area contributed by atoms with Gasteiger partial charge in [-0.2, -0.15) is 5.10 Å². The van der Waals surface area contributed by atoms with Crippen LogP contribution in [0.1, 0.15) is 23.7 Å².